The van der Waals surface area contributed by atoms with Crippen LogP contribution in [0.4, 0.5) is 0 Å². The minimum absolute atomic E-state index is 0.0791. The van der Waals surface area contributed by atoms with Crippen LogP contribution in [0.3, 0.4) is 0 Å². The van der Waals surface area contributed by atoms with Crippen molar-refractivity contribution in [2.45, 2.75) is 25.2 Å². The maximum Gasteiger partial charge on any atom is 0.243 e. The van der Waals surface area contributed by atoms with Crippen molar-refractivity contribution in [3.63, 3.8) is 0 Å². The molecule has 7 heteroatoms. The predicted octanol–water partition coefficient (Wildman–Crippen LogP) is 1.44. The summed E-state index contributed by atoms with van der Waals surface area (Å²) < 4.78 is 26.6. The van der Waals surface area contributed by atoms with Crippen LogP contribution in [-0.2, 0) is 14.8 Å². The fourth-order valence-electron chi connectivity index (χ4n) is 2.51. The molecule has 23 heavy (non-hydrogen) atoms. The van der Waals surface area contributed by atoms with Crippen LogP contribution in [0.2, 0.25) is 0 Å². The Labute approximate surface area is 137 Å². The molecule has 0 aliphatic carbocycles. The first kappa shape index (κ1) is 17.4. The molecule has 0 aromatic heterocycles. The van der Waals surface area contributed by atoms with Crippen LogP contribution in [-0.4, -0.2) is 49.7 Å². The number of carbonyl (C=O) groups is 1. The predicted molar refractivity (Wildman–Crippen MR) is 86.0 cm³/mol. The van der Waals surface area contributed by atoms with Gasteiger partial charge >= 0.3 is 0 Å². The smallest absolute Gasteiger partial charge is 0.243 e. The number of nitrogens with zero attached hydrogens (tertiary/aromatic N) is 3. The molecule has 1 amide bonds. The molecule has 6 nitrogen and oxygen atoms in total. The average Bonchev–Trinajstić information content (AvgIpc) is 2.54. The highest BCUT2D eigenvalue weighted by Crippen LogP contribution is 2.18. The second-order valence-corrected chi connectivity index (χ2v) is 7.96. The Balaban J connectivity index is 2.03. The van der Waals surface area contributed by atoms with Crippen molar-refractivity contribution in [2.75, 3.05) is 26.2 Å². The molecule has 124 valence electrons. The van der Waals surface area contributed by atoms with Crippen molar-refractivity contribution >= 4 is 15.9 Å². The Morgan fingerprint density at radius 1 is 1.17 bits per heavy atom. The number of hydrogen-bond acceptors (Lipinski definition) is 4. The number of carbonyl (C=O) groups excluding carboxylic acids is 1. The lowest BCUT2D eigenvalue weighted by atomic mass is 10.1. The van der Waals surface area contributed by atoms with E-state index >= 15 is 0 Å². The van der Waals surface area contributed by atoms with Gasteiger partial charge in [0.25, 0.3) is 0 Å². The summed E-state index contributed by atoms with van der Waals surface area (Å²) in [5.41, 5.74) is 0.424. The molecule has 0 N–H and O–H groups in total. The maximum absolute atomic E-state index is 12.6. The lowest BCUT2D eigenvalue weighted by Gasteiger charge is -2.34. The molecule has 2 rings (SSSR count). The maximum atomic E-state index is 12.6. The minimum atomic E-state index is -3.57. The second-order valence-electron chi connectivity index (χ2n) is 6.02. The van der Waals surface area contributed by atoms with E-state index in [0.717, 1.165) is 0 Å². The largest absolute Gasteiger partial charge is 0.340 e. The molecule has 0 atom stereocenters. The fraction of sp³-hybridized carbons (Fsp3) is 0.500. The van der Waals surface area contributed by atoms with Gasteiger partial charge in [-0.05, 0) is 30.2 Å². The number of hydrogen-bond donors (Lipinski definition) is 0. The number of rotatable bonds is 4. The van der Waals surface area contributed by atoms with Gasteiger partial charge in [-0.25, -0.2) is 8.42 Å². The summed E-state index contributed by atoms with van der Waals surface area (Å²) in [6.07, 6.45) is 0.488. The van der Waals surface area contributed by atoms with E-state index in [0.29, 0.717) is 44.1 Å². The summed E-state index contributed by atoms with van der Waals surface area (Å²) in [4.78, 5) is 13.9. The highest BCUT2D eigenvalue weighted by Gasteiger charge is 2.30. The average molecular weight is 335 g/mol. The van der Waals surface area contributed by atoms with E-state index < -0.39 is 10.0 Å². The summed E-state index contributed by atoms with van der Waals surface area (Å²) in [6, 6.07) is 7.85. The van der Waals surface area contributed by atoms with Crippen LogP contribution in [0, 0.1) is 17.2 Å². The van der Waals surface area contributed by atoms with E-state index in [1.54, 1.807) is 4.90 Å². The van der Waals surface area contributed by atoms with Gasteiger partial charge in [-0.15, -0.1) is 0 Å². The fourth-order valence-corrected chi connectivity index (χ4v) is 3.93. The number of piperazine rings is 1. The van der Waals surface area contributed by atoms with E-state index in [4.69, 9.17) is 5.26 Å². The first-order chi connectivity index (χ1) is 10.8. The Kier molecular flexibility index (Phi) is 5.39. The molecule has 1 fully saturated rings. The quantitative estimate of drug-likeness (QED) is 0.834. The minimum Gasteiger partial charge on any atom is -0.340 e. The molecule has 1 heterocycles. The van der Waals surface area contributed by atoms with Crippen molar-refractivity contribution in [3.05, 3.63) is 29.8 Å². The zero-order valence-corrected chi connectivity index (χ0v) is 14.2. The third-order valence-electron chi connectivity index (χ3n) is 3.80. The van der Waals surface area contributed by atoms with Gasteiger partial charge in [-0.1, -0.05) is 13.8 Å². The van der Waals surface area contributed by atoms with Crippen LogP contribution in [0.25, 0.3) is 0 Å². The molecule has 0 unspecified atom stereocenters. The highest BCUT2D eigenvalue weighted by molar-refractivity contribution is 7.89. The SMILES string of the molecule is CC(C)CC(=O)N1CCN(S(=O)(=O)c2ccc(C#N)cc2)CC1. The summed E-state index contributed by atoms with van der Waals surface area (Å²) >= 11 is 0. The molecule has 0 bridgehead atoms. The van der Waals surface area contributed by atoms with Gasteiger partial charge in [0, 0.05) is 32.6 Å². The van der Waals surface area contributed by atoms with Gasteiger partial charge in [0.15, 0.2) is 0 Å². The standard InChI is InChI=1S/C16H21N3O3S/c1-13(2)11-16(20)18-7-9-19(10-8-18)23(21,22)15-5-3-14(12-17)4-6-15/h3-6,13H,7-11H2,1-2H3. The zero-order chi connectivity index (χ0) is 17.0. The van der Waals surface area contributed by atoms with Gasteiger partial charge < -0.3 is 4.90 Å². The normalized spacial score (nSPS) is 16.3. The first-order valence-corrected chi connectivity index (χ1v) is 9.06. The molecule has 1 aliphatic rings. The van der Waals surface area contributed by atoms with E-state index in [9.17, 15) is 13.2 Å². The second kappa shape index (κ2) is 7.11. The van der Waals surface area contributed by atoms with Crippen molar-refractivity contribution in [3.8, 4) is 6.07 Å². The highest BCUT2D eigenvalue weighted by atomic mass is 32.2. The van der Waals surface area contributed by atoms with Crippen molar-refractivity contribution in [1.82, 2.24) is 9.21 Å². The molecule has 0 saturated carbocycles. The topological polar surface area (TPSA) is 81.5 Å². The van der Waals surface area contributed by atoms with Crippen LogP contribution < -0.4 is 0 Å². The van der Waals surface area contributed by atoms with Crippen LogP contribution in [0.1, 0.15) is 25.8 Å². The Hall–Kier alpha value is -1.91. The van der Waals surface area contributed by atoms with Gasteiger partial charge in [-0.2, -0.15) is 9.57 Å². The summed E-state index contributed by atoms with van der Waals surface area (Å²) in [6.45, 7) is 5.41. The lowest BCUT2D eigenvalue weighted by molar-refractivity contribution is -0.133. The van der Waals surface area contributed by atoms with E-state index in [1.807, 2.05) is 19.9 Å². The van der Waals surface area contributed by atoms with Crippen LogP contribution in [0.15, 0.2) is 29.2 Å². The van der Waals surface area contributed by atoms with Gasteiger partial charge in [0.1, 0.15) is 0 Å². The zero-order valence-electron chi connectivity index (χ0n) is 13.4. The summed E-state index contributed by atoms with van der Waals surface area (Å²) in [7, 11) is -3.57. The van der Waals surface area contributed by atoms with Gasteiger partial charge in [-0.3, -0.25) is 4.79 Å². The molecular formula is C16H21N3O3S. The number of nitriles is 1. The molecular weight excluding hydrogens is 314 g/mol. The Morgan fingerprint density at radius 2 is 1.74 bits per heavy atom. The molecule has 1 aliphatic heterocycles. The van der Waals surface area contributed by atoms with E-state index in [1.165, 1.54) is 28.6 Å². The van der Waals surface area contributed by atoms with E-state index in [2.05, 4.69) is 0 Å². The van der Waals surface area contributed by atoms with Gasteiger partial charge in [0.05, 0.1) is 16.5 Å². The van der Waals surface area contributed by atoms with Crippen molar-refractivity contribution in [1.29, 1.82) is 5.26 Å². The Bertz CT molecular complexity index is 697. The third-order valence-corrected chi connectivity index (χ3v) is 5.71. The summed E-state index contributed by atoms with van der Waals surface area (Å²) in [5.74, 6) is 0.373. The monoisotopic (exact) mass is 335 g/mol. The molecule has 0 radical (unpaired) electrons. The number of amides is 1. The number of benzene rings is 1. The van der Waals surface area contributed by atoms with Crippen molar-refractivity contribution in [2.24, 2.45) is 5.92 Å². The van der Waals surface area contributed by atoms with E-state index in [-0.39, 0.29) is 10.8 Å². The third kappa shape index (κ3) is 4.09. The Morgan fingerprint density at radius 3 is 2.22 bits per heavy atom. The van der Waals surface area contributed by atoms with Crippen LogP contribution >= 0.6 is 0 Å². The molecule has 0 spiro atoms. The lowest BCUT2D eigenvalue weighted by Crippen LogP contribution is -2.50. The molecule has 1 aromatic rings. The molecule has 1 aromatic carbocycles. The van der Waals surface area contributed by atoms with Crippen molar-refractivity contribution < 1.29 is 13.2 Å². The molecule has 1 saturated heterocycles. The first-order valence-electron chi connectivity index (χ1n) is 7.62. The van der Waals surface area contributed by atoms with Gasteiger partial charge in [0.2, 0.25) is 15.9 Å². The summed E-state index contributed by atoms with van der Waals surface area (Å²) in [5, 5.41) is 8.78. The number of sulfonamides is 1. The van der Waals surface area contributed by atoms with Crippen LogP contribution in [0.5, 0.6) is 0 Å².